The largest absolute Gasteiger partial charge is 0.497 e. The summed E-state index contributed by atoms with van der Waals surface area (Å²) >= 11 is 0. The average Bonchev–Trinajstić information content (AvgIpc) is 3.06. The lowest BCUT2D eigenvalue weighted by Crippen LogP contribution is -2.31. The van der Waals surface area contributed by atoms with E-state index in [4.69, 9.17) is 9.47 Å². The first-order valence-corrected chi connectivity index (χ1v) is 10.0. The number of hydrogen-bond acceptors (Lipinski definition) is 5. The summed E-state index contributed by atoms with van der Waals surface area (Å²) in [5.74, 6) is -1.10. The van der Waals surface area contributed by atoms with Gasteiger partial charge in [0.2, 0.25) is 0 Å². The van der Waals surface area contributed by atoms with Gasteiger partial charge in [-0.1, -0.05) is 24.3 Å². The quantitative estimate of drug-likeness (QED) is 0.416. The molecule has 1 aliphatic heterocycles. The van der Waals surface area contributed by atoms with Gasteiger partial charge in [0.15, 0.2) is 0 Å². The number of nitrogens with zero attached hydrogens (tertiary/aromatic N) is 1. The molecule has 6 nitrogen and oxygen atoms in total. The first kappa shape index (κ1) is 21.2. The fraction of sp³-hybridized carbons (Fsp3) is 0.160. The SMILES string of the molecule is COc1ccc(CCN2C(=O)c3ccc(C(=O)OCc4ccc(F)cc4)cc3C2=O)cc1. The molecular weight excluding hydrogens is 413 g/mol. The first-order valence-electron chi connectivity index (χ1n) is 10.0. The maximum absolute atomic E-state index is 13.0. The molecule has 0 fully saturated rings. The number of esters is 1. The number of fused-ring (bicyclic) bond motifs is 1. The van der Waals surface area contributed by atoms with E-state index in [0.717, 1.165) is 11.3 Å². The zero-order chi connectivity index (χ0) is 22.7. The molecule has 2 amide bonds. The molecule has 0 aliphatic carbocycles. The van der Waals surface area contributed by atoms with Crippen molar-refractivity contribution < 1.29 is 28.2 Å². The normalized spacial score (nSPS) is 12.6. The van der Waals surface area contributed by atoms with Crippen LogP contribution >= 0.6 is 0 Å². The minimum absolute atomic E-state index is 0.0307. The standard InChI is InChI=1S/C25H20FNO5/c1-31-20-9-4-16(5-10-20)12-13-27-23(28)21-11-6-18(14-22(21)24(27)29)25(30)32-15-17-2-7-19(26)8-3-17/h2-11,14H,12-13,15H2,1H3. The second-order valence-corrected chi connectivity index (χ2v) is 7.32. The number of benzene rings is 3. The molecule has 0 aromatic heterocycles. The maximum Gasteiger partial charge on any atom is 0.338 e. The van der Waals surface area contributed by atoms with E-state index in [0.29, 0.717) is 12.0 Å². The van der Waals surface area contributed by atoms with Gasteiger partial charge in [-0.25, -0.2) is 9.18 Å². The molecule has 0 unspecified atom stereocenters. The molecule has 3 aromatic carbocycles. The van der Waals surface area contributed by atoms with Crippen LogP contribution in [0.25, 0.3) is 0 Å². The molecular formula is C25H20FNO5. The Morgan fingerprint density at radius 2 is 1.53 bits per heavy atom. The minimum Gasteiger partial charge on any atom is -0.497 e. The average molecular weight is 433 g/mol. The number of methoxy groups -OCH3 is 1. The van der Waals surface area contributed by atoms with Crippen LogP contribution in [0.2, 0.25) is 0 Å². The molecule has 0 saturated carbocycles. The number of ether oxygens (including phenoxy) is 2. The predicted molar refractivity (Wildman–Crippen MR) is 114 cm³/mol. The number of hydrogen-bond donors (Lipinski definition) is 0. The van der Waals surface area contributed by atoms with Crippen LogP contribution in [-0.4, -0.2) is 36.3 Å². The third-order valence-corrected chi connectivity index (χ3v) is 5.27. The van der Waals surface area contributed by atoms with Crippen LogP contribution in [0, 0.1) is 5.82 Å². The third-order valence-electron chi connectivity index (χ3n) is 5.27. The smallest absolute Gasteiger partial charge is 0.338 e. The third kappa shape index (κ3) is 4.37. The van der Waals surface area contributed by atoms with E-state index < -0.39 is 11.9 Å². The van der Waals surface area contributed by atoms with Gasteiger partial charge in [0, 0.05) is 6.54 Å². The highest BCUT2D eigenvalue weighted by molar-refractivity contribution is 6.22. The predicted octanol–water partition coefficient (Wildman–Crippen LogP) is 4.03. The van der Waals surface area contributed by atoms with Crippen molar-refractivity contribution in [2.24, 2.45) is 0 Å². The molecule has 162 valence electrons. The Hall–Kier alpha value is -4.00. The van der Waals surface area contributed by atoms with E-state index in [1.807, 2.05) is 24.3 Å². The van der Waals surface area contributed by atoms with E-state index in [2.05, 4.69) is 0 Å². The van der Waals surface area contributed by atoms with Gasteiger partial charge in [-0.3, -0.25) is 14.5 Å². The topological polar surface area (TPSA) is 72.9 Å². The molecule has 0 bridgehead atoms. The Morgan fingerprint density at radius 1 is 0.875 bits per heavy atom. The summed E-state index contributed by atoms with van der Waals surface area (Å²) in [5, 5.41) is 0. The molecule has 7 heteroatoms. The molecule has 32 heavy (non-hydrogen) atoms. The van der Waals surface area contributed by atoms with Gasteiger partial charge in [0.1, 0.15) is 18.2 Å². The van der Waals surface area contributed by atoms with Crippen molar-refractivity contribution in [1.29, 1.82) is 0 Å². The summed E-state index contributed by atoms with van der Waals surface area (Å²) < 4.78 is 23.4. The fourth-order valence-electron chi connectivity index (χ4n) is 3.47. The molecule has 0 spiro atoms. The highest BCUT2D eigenvalue weighted by Crippen LogP contribution is 2.25. The lowest BCUT2D eigenvalue weighted by atomic mass is 10.1. The molecule has 0 N–H and O–H groups in total. The lowest BCUT2D eigenvalue weighted by molar-refractivity contribution is 0.0472. The number of carbonyl (C=O) groups excluding carboxylic acids is 3. The van der Waals surface area contributed by atoms with Gasteiger partial charge in [0.05, 0.1) is 23.8 Å². The number of rotatable bonds is 7. The molecule has 0 saturated heterocycles. The van der Waals surface area contributed by atoms with Crippen LogP contribution in [0.3, 0.4) is 0 Å². The van der Waals surface area contributed by atoms with E-state index in [-0.39, 0.29) is 41.6 Å². The van der Waals surface area contributed by atoms with Crippen molar-refractivity contribution in [3.05, 3.63) is 100 Å². The van der Waals surface area contributed by atoms with Crippen LogP contribution in [0.1, 0.15) is 42.2 Å². The summed E-state index contributed by atoms with van der Waals surface area (Å²) in [7, 11) is 1.58. The van der Waals surface area contributed by atoms with Crippen molar-refractivity contribution in [2.45, 2.75) is 13.0 Å². The van der Waals surface area contributed by atoms with Gasteiger partial charge >= 0.3 is 5.97 Å². The van der Waals surface area contributed by atoms with Crippen LogP contribution in [0.5, 0.6) is 5.75 Å². The second kappa shape index (κ2) is 9.01. The Kier molecular flexibility index (Phi) is 5.98. The summed E-state index contributed by atoms with van der Waals surface area (Å²) in [5.41, 5.74) is 2.22. The summed E-state index contributed by atoms with van der Waals surface area (Å²) in [4.78, 5) is 39.1. The van der Waals surface area contributed by atoms with E-state index >= 15 is 0 Å². The minimum atomic E-state index is -0.631. The molecule has 0 atom stereocenters. The van der Waals surface area contributed by atoms with Gasteiger partial charge in [-0.15, -0.1) is 0 Å². The number of halogens is 1. The van der Waals surface area contributed by atoms with E-state index in [1.54, 1.807) is 7.11 Å². The van der Waals surface area contributed by atoms with E-state index in [1.165, 1.54) is 47.4 Å². The molecule has 0 radical (unpaired) electrons. The Morgan fingerprint density at radius 3 is 2.22 bits per heavy atom. The number of carbonyl (C=O) groups is 3. The van der Waals surface area contributed by atoms with Crippen molar-refractivity contribution >= 4 is 17.8 Å². The number of imide groups is 1. The highest BCUT2D eigenvalue weighted by atomic mass is 19.1. The Labute approximate surface area is 184 Å². The van der Waals surface area contributed by atoms with Crippen molar-refractivity contribution in [3.8, 4) is 5.75 Å². The maximum atomic E-state index is 13.0. The van der Waals surface area contributed by atoms with Gasteiger partial charge < -0.3 is 9.47 Å². The summed E-state index contributed by atoms with van der Waals surface area (Å²) in [6.07, 6.45) is 0.502. The molecule has 3 aromatic rings. The van der Waals surface area contributed by atoms with Gasteiger partial charge in [-0.2, -0.15) is 0 Å². The van der Waals surface area contributed by atoms with Gasteiger partial charge in [0.25, 0.3) is 11.8 Å². The highest BCUT2D eigenvalue weighted by Gasteiger charge is 2.35. The van der Waals surface area contributed by atoms with E-state index in [9.17, 15) is 18.8 Å². The van der Waals surface area contributed by atoms with Crippen LogP contribution in [0.4, 0.5) is 4.39 Å². The Bertz CT molecular complexity index is 1170. The molecule has 4 rings (SSSR count). The zero-order valence-electron chi connectivity index (χ0n) is 17.3. The fourth-order valence-corrected chi connectivity index (χ4v) is 3.47. The molecule has 1 aliphatic rings. The van der Waals surface area contributed by atoms with Crippen molar-refractivity contribution in [2.75, 3.05) is 13.7 Å². The summed E-state index contributed by atoms with van der Waals surface area (Å²) in [6.45, 7) is 0.195. The van der Waals surface area contributed by atoms with Crippen LogP contribution in [-0.2, 0) is 17.8 Å². The lowest BCUT2D eigenvalue weighted by Gasteiger charge is -2.13. The second-order valence-electron chi connectivity index (χ2n) is 7.32. The van der Waals surface area contributed by atoms with Gasteiger partial charge in [-0.05, 0) is 60.0 Å². The first-order chi connectivity index (χ1) is 15.5. The number of amides is 2. The zero-order valence-corrected chi connectivity index (χ0v) is 17.3. The van der Waals surface area contributed by atoms with Crippen LogP contribution in [0.15, 0.2) is 66.7 Å². The monoisotopic (exact) mass is 433 g/mol. The summed E-state index contributed by atoms with van der Waals surface area (Å²) in [6, 6.07) is 17.3. The van der Waals surface area contributed by atoms with Crippen LogP contribution < -0.4 is 4.74 Å². The molecule has 1 heterocycles. The van der Waals surface area contributed by atoms with Crippen molar-refractivity contribution in [3.63, 3.8) is 0 Å². The van der Waals surface area contributed by atoms with Crippen molar-refractivity contribution in [1.82, 2.24) is 4.90 Å². The Balaban J connectivity index is 1.42.